The first kappa shape index (κ1) is 12.7. The second-order valence-corrected chi connectivity index (χ2v) is 4.65. The van der Waals surface area contributed by atoms with Gasteiger partial charge in [-0.05, 0) is 23.6 Å². The van der Waals surface area contributed by atoms with E-state index in [0.717, 1.165) is 25.2 Å². The van der Waals surface area contributed by atoms with Gasteiger partial charge in [-0.1, -0.05) is 17.3 Å². The molecule has 1 aromatic carbocycles. The van der Waals surface area contributed by atoms with Gasteiger partial charge in [-0.25, -0.2) is 4.79 Å². The van der Waals surface area contributed by atoms with Crippen LogP contribution in [0.1, 0.15) is 21.6 Å². The first-order valence-electron chi connectivity index (χ1n) is 6.49. The van der Waals surface area contributed by atoms with E-state index in [2.05, 4.69) is 27.2 Å². The SMILES string of the molecule is COC(=O)c1cn(CCc2ccc3c(c2)CCO3)nn1. The molecule has 6 heteroatoms. The first-order chi connectivity index (χ1) is 9.76. The summed E-state index contributed by atoms with van der Waals surface area (Å²) in [6.07, 6.45) is 3.40. The molecular weight excluding hydrogens is 258 g/mol. The van der Waals surface area contributed by atoms with Crippen LogP contribution in [0.15, 0.2) is 24.4 Å². The molecule has 104 valence electrons. The van der Waals surface area contributed by atoms with Crippen molar-refractivity contribution in [3.8, 4) is 5.75 Å². The first-order valence-corrected chi connectivity index (χ1v) is 6.49. The van der Waals surface area contributed by atoms with Crippen LogP contribution in [0.3, 0.4) is 0 Å². The Balaban J connectivity index is 1.64. The zero-order valence-corrected chi connectivity index (χ0v) is 11.2. The van der Waals surface area contributed by atoms with Crippen molar-refractivity contribution in [1.29, 1.82) is 0 Å². The smallest absolute Gasteiger partial charge is 0.360 e. The number of carbonyl (C=O) groups excluding carboxylic acids is 1. The van der Waals surface area contributed by atoms with E-state index in [1.165, 1.54) is 18.2 Å². The molecule has 0 atom stereocenters. The molecule has 0 spiro atoms. The Morgan fingerprint density at radius 1 is 1.50 bits per heavy atom. The zero-order valence-electron chi connectivity index (χ0n) is 11.2. The number of ether oxygens (including phenoxy) is 2. The molecule has 2 heterocycles. The minimum Gasteiger partial charge on any atom is -0.493 e. The highest BCUT2D eigenvalue weighted by Gasteiger charge is 2.13. The fraction of sp³-hybridized carbons (Fsp3) is 0.357. The Hall–Kier alpha value is -2.37. The fourth-order valence-corrected chi connectivity index (χ4v) is 2.24. The number of fused-ring (bicyclic) bond motifs is 1. The number of rotatable bonds is 4. The van der Waals surface area contributed by atoms with E-state index in [1.807, 2.05) is 6.07 Å². The van der Waals surface area contributed by atoms with Gasteiger partial charge < -0.3 is 9.47 Å². The molecule has 1 aromatic heterocycles. The molecule has 0 fully saturated rings. The van der Waals surface area contributed by atoms with Crippen LogP contribution in [0.4, 0.5) is 0 Å². The number of aromatic nitrogens is 3. The normalized spacial score (nSPS) is 12.8. The summed E-state index contributed by atoms with van der Waals surface area (Å²) in [5.41, 5.74) is 2.72. The van der Waals surface area contributed by atoms with Gasteiger partial charge in [-0.2, -0.15) is 0 Å². The van der Waals surface area contributed by atoms with Gasteiger partial charge >= 0.3 is 5.97 Å². The topological polar surface area (TPSA) is 66.2 Å². The quantitative estimate of drug-likeness (QED) is 0.784. The molecular formula is C14H15N3O3. The van der Waals surface area contributed by atoms with E-state index in [-0.39, 0.29) is 5.69 Å². The minimum absolute atomic E-state index is 0.231. The number of benzene rings is 1. The number of aryl methyl sites for hydroxylation is 2. The highest BCUT2D eigenvalue weighted by molar-refractivity contribution is 5.86. The van der Waals surface area contributed by atoms with Gasteiger partial charge in [-0.3, -0.25) is 4.68 Å². The van der Waals surface area contributed by atoms with Crippen molar-refractivity contribution in [2.24, 2.45) is 0 Å². The van der Waals surface area contributed by atoms with Crippen LogP contribution in [-0.4, -0.2) is 34.7 Å². The number of methoxy groups -OCH3 is 1. The molecule has 1 aliphatic rings. The summed E-state index contributed by atoms with van der Waals surface area (Å²) >= 11 is 0. The molecule has 0 radical (unpaired) electrons. The van der Waals surface area contributed by atoms with Crippen molar-refractivity contribution in [3.63, 3.8) is 0 Å². The average Bonchev–Trinajstić information content (AvgIpc) is 3.12. The highest BCUT2D eigenvalue weighted by Crippen LogP contribution is 2.26. The van der Waals surface area contributed by atoms with Gasteiger partial charge in [-0.15, -0.1) is 5.10 Å². The van der Waals surface area contributed by atoms with Gasteiger partial charge in [0.2, 0.25) is 0 Å². The van der Waals surface area contributed by atoms with Gasteiger partial charge in [0.25, 0.3) is 0 Å². The molecule has 0 aliphatic carbocycles. The maximum atomic E-state index is 11.3. The molecule has 3 rings (SSSR count). The van der Waals surface area contributed by atoms with Gasteiger partial charge in [0.1, 0.15) is 5.75 Å². The van der Waals surface area contributed by atoms with Gasteiger partial charge in [0.15, 0.2) is 5.69 Å². The van der Waals surface area contributed by atoms with Crippen LogP contribution < -0.4 is 4.74 Å². The van der Waals surface area contributed by atoms with Crippen molar-refractivity contribution in [1.82, 2.24) is 15.0 Å². The lowest BCUT2D eigenvalue weighted by Gasteiger charge is -2.04. The maximum Gasteiger partial charge on any atom is 0.360 e. The molecule has 0 N–H and O–H groups in total. The van der Waals surface area contributed by atoms with Crippen LogP contribution in [0, 0.1) is 0 Å². The zero-order chi connectivity index (χ0) is 13.9. The van der Waals surface area contributed by atoms with Crippen LogP contribution in [0.5, 0.6) is 5.75 Å². The van der Waals surface area contributed by atoms with Crippen LogP contribution in [0.2, 0.25) is 0 Å². The fourth-order valence-electron chi connectivity index (χ4n) is 2.24. The molecule has 6 nitrogen and oxygen atoms in total. The van der Waals surface area contributed by atoms with E-state index < -0.39 is 5.97 Å². The standard InChI is InChI=1S/C14H15N3O3/c1-19-14(18)12-9-17(16-15-12)6-4-10-2-3-13-11(8-10)5-7-20-13/h2-3,8-9H,4-7H2,1H3. The Labute approximate surface area is 116 Å². The lowest BCUT2D eigenvalue weighted by molar-refractivity contribution is 0.0594. The van der Waals surface area contributed by atoms with Gasteiger partial charge in [0.05, 0.1) is 19.9 Å². The molecule has 20 heavy (non-hydrogen) atoms. The Morgan fingerprint density at radius 2 is 2.40 bits per heavy atom. The lowest BCUT2D eigenvalue weighted by Crippen LogP contribution is -2.03. The van der Waals surface area contributed by atoms with Crippen LogP contribution >= 0.6 is 0 Å². The lowest BCUT2D eigenvalue weighted by atomic mass is 10.1. The predicted octanol–water partition coefficient (Wildman–Crippen LogP) is 1.24. The number of esters is 1. The van der Waals surface area contributed by atoms with Crippen LogP contribution in [0.25, 0.3) is 0 Å². The van der Waals surface area contributed by atoms with Crippen molar-refractivity contribution in [3.05, 3.63) is 41.2 Å². The highest BCUT2D eigenvalue weighted by atomic mass is 16.5. The third-order valence-electron chi connectivity index (χ3n) is 3.32. The molecule has 0 bridgehead atoms. The third-order valence-corrected chi connectivity index (χ3v) is 3.32. The molecule has 0 unspecified atom stereocenters. The second-order valence-electron chi connectivity index (χ2n) is 4.65. The summed E-state index contributed by atoms with van der Waals surface area (Å²) in [7, 11) is 1.33. The molecule has 2 aromatic rings. The predicted molar refractivity (Wildman–Crippen MR) is 70.7 cm³/mol. The second kappa shape index (κ2) is 5.32. The van der Waals surface area contributed by atoms with E-state index in [1.54, 1.807) is 10.9 Å². The van der Waals surface area contributed by atoms with Crippen molar-refractivity contribution in [2.45, 2.75) is 19.4 Å². The minimum atomic E-state index is -0.467. The number of carbonyl (C=O) groups is 1. The van der Waals surface area contributed by atoms with Crippen molar-refractivity contribution < 1.29 is 14.3 Å². The molecule has 0 saturated carbocycles. The Morgan fingerprint density at radius 3 is 3.25 bits per heavy atom. The van der Waals surface area contributed by atoms with E-state index in [0.29, 0.717) is 6.54 Å². The summed E-state index contributed by atoms with van der Waals surface area (Å²) in [5, 5.41) is 7.69. The summed E-state index contributed by atoms with van der Waals surface area (Å²) in [4.78, 5) is 11.3. The monoisotopic (exact) mass is 273 g/mol. The summed E-state index contributed by atoms with van der Waals surface area (Å²) in [6.45, 7) is 1.44. The maximum absolute atomic E-state index is 11.3. The largest absolute Gasteiger partial charge is 0.493 e. The van der Waals surface area contributed by atoms with E-state index in [4.69, 9.17) is 4.74 Å². The summed E-state index contributed by atoms with van der Waals surface area (Å²) < 4.78 is 11.7. The van der Waals surface area contributed by atoms with Crippen molar-refractivity contribution >= 4 is 5.97 Å². The number of hydrogen-bond acceptors (Lipinski definition) is 5. The van der Waals surface area contributed by atoms with E-state index >= 15 is 0 Å². The molecule has 1 aliphatic heterocycles. The summed E-state index contributed by atoms with van der Waals surface area (Å²) in [6, 6.07) is 6.24. The Kier molecular flexibility index (Phi) is 3.37. The molecule has 0 amide bonds. The van der Waals surface area contributed by atoms with Gasteiger partial charge in [0, 0.05) is 13.0 Å². The average molecular weight is 273 g/mol. The number of nitrogens with zero attached hydrogens (tertiary/aromatic N) is 3. The van der Waals surface area contributed by atoms with E-state index in [9.17, 15) is 4.79 Å². The van der Waals surface area contributed by atoms with Crippen molar-refractivity contribution in [2.75, 3.05) is 13.7 Å². The Bertz CT molecular complexity index is 636. The summed E-state index contributed by atoms with van der Waals surface area (Å²) in [5.74, 6) is 0.522. The number of hydrogen-bond donors (Lipinski definition) is 0. The molecule has 0 saturated heterocycles. The third kappa shape index (κ3) is 2.49. The van der Waals surface area contributed by atoms with Crippen LogP contribution in [-0.2, 0) is 24.1 Å².